The summed E-state index contributed by atoms with van der Waals surface area (Å²) in [6.07, 6.45) is 5.40. The maximum absolute atomic E-state index is 12.1. The fourth-order valence-electron chi connectivity index (χ4n) is 1.66. The van der Waals surface area contributed by atoms with Crippen LogP contribution in [0.5, 0.6) is 5.75 Å². The van der Waals surface area contributed by atoms with Gasteiger partial charge in [0.05, 0.1) is 7.11 Å². The third-order valence-electron chi connectivity index (χ3n) is 2.65. The molecule has 2 rings (SSSR count). The van der Waals surface area contributed by atoms with Crippen LogP contribution in [0.2, 0.25) is 0 Å². The van der Waals surface area contributed by atoms with Crippen molar-refractivity contribution in [1.29, 1.82) is 0 Å². The number of halogens is 1. The molecule has 1 aromatic carbocycles. The number of allylic oxidation sites excluding steroid dienone is 1. The molecular formula is C15H13BrO2S2. The largest absolute Gasteiger partial charge is 0.496 e. The van der Waals surface area contributed by atoms with Gasteiger partial charge in [-0.05, 0) is 58.6 Å². The molecular weight excluding hydrogens is 356 g/mol. The molecule has 104 valence electrons. The second-order valence-corrected chi connectivity index (χ2v) is 6.64. The summed E-state index contributed by atoms with van der Waals surface area (Å²) in [5.41, 5.74) is 0.631. The Morgan fingerprint density at radius 3 is 2.80 bits per heavy atom. The number of thioether (sulfide) groups is 1. The molecule has 20 heavy (non-hydrogen) atoms. The highest BCUT2D eigenvalue weighted by molar-refractivity contribution is 9.10. The number of hydrogen-bond acceptors (Lipinski definition) is 4. The molecule has 0 N–H and O–H groups in total. The Bertz CT molecular complexity index is 647. The zero-order valence-corrected chi connectivity index (χ0v) is 14.3. The van der Waals surface area contributed by atoms with Gasteiger partial charge in [0.2, 0.25) is 0 Å². The van der Waals surface area contributed by atoms with Gasteiger partial charge in [0.25, 0.3) is 0 Å². The van der Waals surface area contributed by atoms with Crippen molar-refractivity contribution in [1.82, 2.24) is 0 Å². The van der Waals surface area contributed by atoms with Crippen molar-refractivity contribution in [2.24, 2.45) is 0 Å². The van der Waals surface area contributed by atoms with E-state index < -0.39 is 0 Å². The van der Waals surface area contributed by atoms with Gasteiger partial charge >= 0.3 is 0 Å². The van der Waals surface area contributed by atoms with Gasteiger partial charge in [-0.2, -0.15) is 0 Å². The molecule has 2 aromatic rings. The van der Waals surface area contributed by atoms with Crippen molar-refractivity contribution in [2.75, 3.05) is 13.4 Å². The first-order valence-corrected chi connectivity index (χ1v) is 8.72. The molecule has 1 aromatic heterocycles. The predicted molar refractivity (Wildman–Crippen MR) is 90.2 cm³/mol. The number of benzene rings is 1. The molecule has 1 heterocycles. The highest BCUT2D eigenvalue weighted by Crippen LogP contribution is 2.28. The maximum Gasteiger partial charge on any atom is 0.186 e. The molecule has 0 atom stereocenters. The molecule has 0 bridgehead atoms. The Labute approximate surface area is 135 Å². The topological polar surface area (TPSA) is 26.3 Å². The molecule has 0 saturated carbocycles. The van der Waals surface area contributed by atoms with E-state index in [-0.39, 0.29) is 5.78 Å². The molecule has 0 radical (unpaired) electrons. The van der Waals surface area contributed by atoms with E-state index in [0.29, 0.717) is 5.56 Å². The number of hydrogen-bond donors (Lipinski definition) is 0. The molecule has 0 saturated heterocycles. The fraction of sp³-hybridized carbons (Fsp3) is 0.133. The normalized spacial score (nSPS) is 10.9. The molecule has 0 amide bonds. The summed E-state index contributed by atoms with van der Waals surface area (Å²) in [6.45, 7) is 0. The Balaban J connectivity index is 2.19. The van der Waals surface area contributed by atoms with Crippen LogP contribution in [0.4, 0.5) is 0 Å². The lowest BCUT2D eigenvalue weighted by atomic mass is 10.1. The van der Waals surface area contributed by atoms with Gasteiger partial charge in [0.15, 0.2) is 5.78 Å². The lowest BCUT2D eigenvalue weighted by Gasteiger charge is -2.07. The molecule has 2 nitrogen and oxygen atoms in total. The molecule has 0 aliphatic rings. The minimum absolute atomic E-state index is 0.0273. The number of methoxy groups -OCH3 is 1. The first kappa shape index (κ1) is 15.4. The van der Waals surface area contributed by atoms with Gasteiger partial charge in [0, 0.05) is 25.2 Å². The van der Waals surface area contributed by atoms with Gasteiger partial charge < -0.3 is 4.74 Å². The predicted octanol–water partition coefficient (Wildman–Crippen LogP) is 5.14. The van der Waals surface area contributed by atoms with Crippen LogP contribution in [0.15, 0.2) is 45.1 Å². The lowest BCUT2D eigenvalue weighted by molar-refractivity contribution is 0.104. The average Bonchev–Trinajstić information content (AvgIpc) is 2.89. The van der Waals surface area contributed by atoms with Crippen molar-refractivity contribution in [3.8, 4) is 5.75 Å². The van der Waals surface area contributed by atoms with E-state index in [9.17, 15) is 4.79 Å². The summed E-state index contributed by atoms with van der Waals surface area (Å²) in [6, 6.07) is 7.49. The van der Waals surface area contributed by atoms with Crippen molar-refractivity contribution < 1.29 is 9.53 Å². The zero-order chi connectivity index (χ0) is 14.5. The summed E-state index contributed by atoms with van der Waals surface area (Å²) in [5.74, 6) is 0.705. The molecule has 0 unspecified atom stereocenters. The minimum Gasteiger partial charge on any atom is -0.496 e. The summed E-state index contributed by atoms with van der Waals surface area (Å²) >= 11 is 6.57. The van der Waals surface area contributed by atoms with E-state index >= 15 is 0 Å². The Kier molecular flexibility index (Phi) is 5.46. The van der Waals surface area contributed by atoms with Crippen molar-refractivity contribution in [3.05, 3.63) is 50.6 Å². The van der Waals surface area contributed by atoms with E-state index in [4.69, 9.17) is 4.74 Å². The summed E-state index contributed by atoms with van der Waals surface area (Å²) in [7, 11) is 1.61. The Hall–Kier alpha value is -1.04. The molecule has 0 aliphatic carbocycles. The van der Waals surface area contributed by atoms with Crippen LogP contribution in [-0.4, -0.2) is 19.1 Å². The standard InChI is InChI=1S/C15H13BrO2S2/c1-18-14-7-10(3-6-15(14)19-2)13(17)5-4-12-8-11(16)9-20-12/h3-9H,1-2H3. The molecule has 5 heteroatoms. The first-order chi connectivity index (χ1) is 9.63. The van der Waals surface area contributed by atoms with Crippen LogP contribution in [0, 0.1) is 0 Å². The number of carbonyl (C=O) groups excluding carboxylic acids is 1. The second kappa shape index (κ2) is 7.11. The Morgan fingerprint density at radius 1 is 1.40 bits per heavy atom. The summed E-state index contributed by atoms with van der Waals surface area (Å²) in [4.78, 5) is 14.2. The van der Waals surface area contributed by atoms with Gasteiger partial charge in [-0.25, -0.2) is 0 Å². The van der Waals surface area contributed by atoms with Crippen LogP contribution in [-0.2, 0) is 0 Å². The van der Waals surface area contributed by atoms with Gasteiger partial charge in [-0.1, -0.05) is 0 Å². The van der Waals surface area contributed by atoms with Crippen LogP contribution < -0.4 is 4.74 Å². The third-order valence-corrected chi connectivity index (χ3v) is 5.09. The molecule has 0 aliphatic heterocycles. The quantitative estimate of drug-likeness (QED) is 0.415. The van der Waals surface area contributed by atoms with E-state index in [1.165, 1.54) is 0 Å². The van der Waals surface area contributed by atoms with E-state index in [2.05, 4.69) is 15.9 Å². The Morgan fingerprint density at radius 2 is 2.20 bits per heavy atom. The number of ketones is 1. The van der Waals surface area contributed by atoms with Gasteiger partial charge in [0.1, 0.15) is 5.75 Å². The zero-order valence-electron chi connectivity index (χ0n) is 11.1. The number of ether oxygens (including phenoxy) is 1. The summed E-state index contributed by atoms with van der Waals surface area (Å²) in [5, 5.41) is 1.99. The van der Waals surface area contributed by atoms with Crippen molar-refractivity contribution in [3.63, 3.8) is 0 Å². The van der Waals surface area contributed by atoms with Crippen LogP contribution in [0.25, 0.3) is 6.08 Å². The van der Waals surface area contributed by atoms with Crippen molar-refractivity contribution >= 4 is 50.9 Å². The highest BCUT2D eigenvalue weighted by atomic mass is 79.9. The fourth-order valence-corrected chi connectivity index (χ4v) is 3.54. The SMILES string of the molecule is COc1cc(C(=O)C=Cc2cc(Br)cs2)ccc1SC. The monoisotopic (exact) mass is 368 g/mol. The first-order valence-electron chi connectivity index (χ1n) is 5.82. The average molecular weight is 369 g/mol. The van der Waals surface area contributed by atoms with E-state index in [0.717, 1.165) is 20.0 Å². The van der Waals surface area contributed by atoms with Crippen LogP contribution in [0.1, 0.15) is 15.2 Å². The minimum atomic E-state index is -0.0273. The van der Waals surface area contributed by atoms with Crippen LogP contribution in [0.3, 0.4) is 0 Å². The summed E-state index contributed by atoms with van der Waals surface area (Å²) < 4.78 is 6.32. The van der Waals surface area contributed by atoms with Gasteiger partial charge in [-0.3, -0.25) is 4.79 Å². The molecule has 0 spiro atoms. The van der Waals surface area contributed by atoms with Crippen molar-refractivity contribution in [2.45, 2.75) is 4.90 Å². The van der Waals surface area contributed by atoms with E-state index in [1.54, 1.807) is 42.4 Å². The molecule has 0 fully saturated rings. The smallest absolute Gasteiger partial charge is 0.186 e. The number of rotatable bonds is 5. The lowest BCUT2D eigenvalue weighted by Crippen LogP contribution is -1.96. The van der Waals surface area contributed by atoms with Crippen LogP contribution >= 0.6 is 39.0 Å². The van der Waals surface area contributed by atoms with E-state index in [1.807, 2.05) is 35.9 Å². The maximum atomic E-state index is 12.1. The third kappa shape index (κ3) is 3.75. The second-order valence-electron chi connectivity index (χ2n) is 3.93. The number of carbonyl (C=O) groups is 1. The number of thiophene rings is 1. The highest BCUT2D eigenvalue weighted by Gasteiger charge is 2.07. The van der Waals surface area contributed by atoms with Gasteiger partial charge in [-0.15, -0.1) is 23.1 Å².